The fourth-order valence-electron chi connectivity index (χ4n) is 3.81. The van der Waals surface area contributed by atoms with Gasteiger partial charge in [-0.05, 0) is 65.6 Å². The van der Waals surface area contributed by atoms with Gasteiger partial charge in [0.2, 0.25) is 5.91 Å². The molecule has 1 atom stereocenters. The Balaban J connectivity index is 1.52. The van der Waals surface area contributed by atoms with Crippen molar-refractivity contribution in [1.82, 2.24) is 0 Å². The van der Waals surface area contributed by atoms with E-state index in [2.05, 4.69) is 24.5 Å². The lowest BCUT2D eigenvalue weighted by molar-refractivity contribution is -0.115. The average Bonchev–Trinajstić information content (AvgIpc) is 2.92. The molecule has 0 heterocycles. The first-order valence-corrected chi connectivity index (χ1v) is 13.0. The largest absolute Gasteiger partial charge is 0.497 e. The van der Waals surface area contributed by atoms with Crippen molar-refractivity contribution in [2.45, 2.75) is 29.9 Å². The van der Waals surface area contributed by atoms with Gasteiger partial charge in [0.1, 0.15) is 11.0 Å². The second kappa shape index (κ2) is 12.3. The van der Waals surface area contributed by atoms with Crippen molar-refractivity contribution in [1.29, 1.82) is 0 Å². The van der Waals surface area contributed by atoms with Crippen molar-refractivity contribution in [3.63, 3.8) is 0 Å². The molecule has 0 bridgehead atoms. The number of nitrogens with one attached hydrogen (secondary N) is 2. The average molecular weight is 511 g/mol. The van der Waals surface area contributed by atoms with Crippen molar-refractivity contribution in [3.8, 4) is 5.75 Å². The fourth-order valence-corrected chi connectivity index (χ4v) is 4.89. The van der Waals surface area contributed by atoms with Crippen LogP contribution >= 0.6 is 11.8 Å². The molecule has 37 heavy (non-hydrogen) atoms. The van der Waals surface area contributed by atoms with Crippen LogP contribution in [0.5, 0.6) is 5.75 Å². The van der Waals surface area contributed by atoms with Crippen molar-refractivity contribution in [2.75, 3.05) is 17.7 Å². The quantitative estimate of drug-likeness (QED) is 0.228. The van der Waals surface area contributed by atoms with Crippen LogP contribution in [0, 0.1) is 0 Å². The first-order valence-electron chi connectivity index (χ1n) is 12.1. The molecule has 2 amide bonds. The molecule has 1 unspecified atom stereocenters. The van der Waals surface area contributed by atoms with Crippen LogP contribution in [0.2, 0.25) is 0 Å². The van der Waals surface area contributed by atoms with E-state index in [4.69, 9.17) is 4.74 Å². The first-order chi connectivity index (χ1) is 17.9. The normalized spacial score (nSPS) is 11.6. The summed E-state index contributed by atoms with van der Waals surface area (Å²) in [5.74, 6) is 0.698. The van der Waals surface area contributed by atoms with Crippen molar-refractivity contribution in [3.05, 3.63) is 120 Å². The van der Waals surface area contributed by atoms with Gasteiger partial charge in [0.15, 0.2) is 0 Å². The summed E-state index contributed by atoms with van der Waals surface area (Å²) in [5.41, 5.74) is 4.03. The van der Waals surface area contributed by atoms with Crippen LogP contribution in [0.15, 0.2) is 108 Å². The maximum atomic E-state index is 13.4. The SMILES string of the molecule is COc1cccc(C(=O)Nc2cccc(SC(C(=O)Nc3ccc(C(C)C)cc3)c3ccccc3)c2)c1. The Bertz CT molecular complexity index is 1350. The predicted molar refractivity (Wildman–Crippen MR) is 152 cm³/mol. The summed E-state index contributed by atoms with van der Waals surface area (Å²) in [6.07, 6.45) is 0. The molecule has 4 aromatic rings. The zero-order valence-corrected chi connectivity index (χ0v) is 21.9. The third-order valence-electron chi connectivity index (χ3n) is 5.86. The number of carbonyl (C=O) groups excluding carboxylic acids is 2. The van der Waals surface area contributed by atoms with Crippen LogP contribution in [-0.2, 0) is 4.79 Å². The molecule has 0 spiro atoms. The molecule has 5 nitrogen and oxygen atoms in total. The molecule has 0 aliphatic carbocycles. The number of benzene rings is 4. The number of rotatable bonds is 9. The molecule has 4 aromatic carbocycles. The minimum Gasteiger partial charge on any atom is -0.497 e. The molecule has 4 rings (SSSR count). The number of thioether (sulfide) groups is 1. The highest BCUT2D eigenvalue weighted by molar-refractivity contribution is 8.00. The number of carbonyl (C=O) groups is 2. The van der Waals surface area contributed by atoms with Gasteiger partial charge in [-0.15, -0.1) is 11.8 Å². The predicted octanol–water partition coefficient (Wildman–Crippen LogP) is 7.54. The van der Waals surface area contributed by atoms with E-state index in [9.17, 15) is 9.59 Å². The van der Waals surface area contributed by atoms with Gasteiger partial charge in [0.25, 0.3) is 5.91 Å². The Morgan fingerprint density at radius 2 is 1.46 bits per heavy atom. The highest BCUT2D eigenvalue weighted by atomic mass is 32.2. The van der Waals surface area contributed by atoms with E-state index in [1.165, 1.54) is 17.3 Å². The number of amides is 2. The lowest BCUT2D eigenvalue weighted by Crippen LogP contribution is -2.19. The third-order valence-corrected chi connectivity index (χ3v) is 7.11. The summed E-state index contributed by atoms with van der Waals surface area (Å²) >= 11 is 1.44. The van der Waals surface area contributed by atoms with Gasteiger partial charge in [-0.25, -0.2) is 0 Å². The minimum atomic E-state index is -0.477. The Morgan fingerprint density at radius 1 is 0.730 bits per heavy atom. The number of hydrogen-bond donors (Lipinski definition) is 2. The van der Waals surface area contributed by atoms with Crippen LogP contribution in [0.25, 0.3) is 0 Å². The molecule has 2 N–H and O–H groups in total. The van der Waals surface area contributed by atoms with E-state index in [1.54, 1.807) is 31.4 Å². The summed E-state index contributed by atoms with van der Waals surface area (Å²) in [5, 5.41) is 5.53. The molecule has 0 aliphatic heterocycles. The monoisotopic (exact) mass is 510 g/mol. The van der Waals surface area contributed by atoms with Gasteiger partial charge < -0.3 is 15.4 Å². The van der Waals surface area contributed by atoms with Crippen LogP contribution in [-0.4, -0.2) is 18.9 Å². The van der Waals surface area contributed by atoms with Crippen LogP contribution in [0.1, 0.15) is 46.5 Å². The van der Waals surface area contributed by atoms with E-state index in [-0.39, 0.29) is 11.8 Å². The second-order valence-electron chi connectivity index (χ2n) is 8.89. The summed E-state index contributed by atoms with van der Waals surface area (Å²) < 4.78 is 5.22. The van der Waals surface area contributed by atoms with Gasteiger partial charge in [0, 0.05) is 21.8 Å². The molecule has 0 fully saturated rings. The van der Waals surface area contributed by atoms with Gasteiger partial charge >= 0.3 is 0 Å². The van der Waals surface area contributed by atoms with Crippen molar-refractivity contribution < 1.29 is 14.3 Å². The summed E-state index contributed by atoms with van der Waals surface area (Å²) in [6.45, 7) is 4.28. The summed E-state index contributed by atoms with van der Waals surface area (Å²) in [4.78, 5) is 27.1. The molecule has 188 valence electrons. The van der Waals surface area contributed by atoms with Crippen LogP contribution < -0.4 is 15.4 Å². The molecule has 6 heteroatoms. The molecule has 0 aliphatic rings. The van der Waals surface area contributed by atoms with Gasteiger partial charge in [-0.3, -0.25) is 9.59 Å². The zero-order valence-electron chi connectivity index (χ0n) is 21.1. The van der Waals surface area contributed by atoms with Crippen LogP contribution in [0.4, 0.5) is 11.4 Å². The topological polar surface area (TPSA) is 67.4 Å². The van der Waals surface area contributed by atoms with Gasteiger partial charge in [-0.1, -0.05) is 68.4 Å². The second-order valence-corrected chi connectivity index (χ2v) is 10.1. The number of ether oxygens (including phenoxy) is 1. The first kappa shape index (κ1) is 26.0. The van der Waals surface area contributed by atoms with Crippen molar-refractivity contribution in [2.24, 2.45) is 0 Å². The molecular weight excluding hydrogens is 480 g/mol. The molecule has 0 aromatic heterocycles. The Hall–Kier alpha value is -4.03. The summed E-state index contributed by atoms with van der Waals surface area (Å²) in [7, 11) is 1.57. The lowest BCUT2D eigenvalue weighted by atomic mass is 10.0. The molecule has 0 saturated carbocycles. The third kappa shape index (κ3) is 7.02. The van der Waals surface area contributed by atoms with E-state index in [0.29, 0.717) is 22.9 Å². The van der Waals surface area contributed by atoms with E-state index in [0.717, 1.165) is 16.1 Å². The highest BCUT2D eigenvalue weighted by Crippen LogP contribution is 2.37. The van der Waals surface area contributed by atoms with Gasteiger partial charge in [0.05, 0.1) is 7.11 Å². The molecule has 0 radical (unpaired) electrons. The number of anilines is 2. The van der Waals surface area contributed by atoms with E-state index >= 15 is 0 Å². The van der Waals surface area contributed by atoms with E-state index in [1.807, 2.05) is 78.9 Å². The van der Waals surface area contributed by atoms with Gasteiger partial charge in [-0.2, -0.15) is 0 Å². The fraction of sp³-hybridized carbons (Fsp3) is 0.161. The number of methoxy groups -OCH3 is 1. The summed E-state index contributed by atoms with van der Waals surface area (Å²) in [6, 6.07) is 32.2. The Kier molecular flexibility index (Phi) is 8.64. The standard InChI is InChI=1S/C31H30N2O3S/c1-21(2)22-15-17-25(18-16-22)32-31(35)29(23-9-5-4-6-10-23)37-28-14-8-12-26(20-28)33-30(34)24-11-7-13-27(19-24)36-3/h4-21,29H,1-3H3,(H,32,35)(H,33,34). The maximum Gasteiger partial charge on any atom is 0.255 e. The van der Waals surface area contributed by atoms with Crippen LogP contribution in [0.3, 0.4) is 0 Å². The maximum absolute atomic E-state index is 13.4. The Morgan fingerprint density at radius 3 is 2.16 bits per heavy atom. The number of hydrogen-bond acceptors (Lipinski definition) is 4. The molecule has 0 saturated heterocycles. The van der Waals surface area contributed by atoms with Crippen molar-refractivity contribution >= 4 is 35.0 Å². The Labute approximate surface area is 222 Å². The minimum absolute atomic E-state index is 0.112. The lowest BCUT2D eigenvalue weighted by Gasteiger charge is -2.18. The molecular formula is C31H30N2O3S. The smallest absolute Gasteiger partial charge is 0.255 e. The highest BCUT2D eigenvalue weighted by Gasteiger charge is 2.22. The van der Waals surface area contributed by atoms with E-state index < -0.39 is 5.25 Å². The zero-order chi connectivity index (χ0) is 26.2.